The standard InChI is InChI=1S/C21H34N2O3/c1-5-25-18-11-10-15(13-19(18)26-6-2)20(14(3)4)23-21(24)16-8-7-9-17(22)12-16/h10-11,13-14,16-17,20H,5-9,12,22H2,1-4H3,(H,23,24). The molecule has 5 heteroatoms. The van der Waals surface area contributed by atoms with Crippen molar-refractivity contribution in [2.24, 2.45) is 17.6 Å². The molecule has 3 atom stereocenters. The quantitative estimate of drug-likeness (QED) is 0.737. The molecule has 1 aromatic carbocycles. The van der Waals surface area contributed by atoms with Gasteiger partial charge < -0.3 is 20.5 Å². The van der Waals surface area contributed by atoms with E-state index >= 15 is 0 Å². The number of nitrogens with two attached hydrogens (primary N) is 1. The molecule has 0 bridgehead atoms. The van der Waals surface area contributed by atoms with Crippen molar-refractivity contribution in [3.05, 3.63) is 23.8 Å². The number of amides is 1. The van der Waals surface area contributed by atoms with E-state index < -0.39 is 0 Å². The van der Waals surface area contributed by atoms with Gasteiger partial charge >= 0.3 is 0 Å². The molecule has 0 aliphatic heterocycles. The number of hydrogen-bond acceptors (Lipinski definition) is 4. The van der Waals surface area contributed by atoms with Crippen LogP contribution in [-0.2, 0) is 4.79 Å². The highest BCUT2D eigenvalue weighted by Crippen LogP contribution is 2.33. The first-order chi connectivity index (χ1) is 12.5. The van der Waals surface area contributed by atoms with Crippen LogP contribution in [0.5, 0.6) is 11.5 Å². The van der Waals surface area contributed by atoms with Gasteiger partial charge in [0.25, 0.3) is 0 Å². The van der Waals surface area contributed by atoms with Crippen LogP contribution < -0.4 is 20.5 Å². The Labute approximate surface area is 157 Å². The third-order valence-corrected chi connectivity index (χ3v) is 4.98. The van der Waals surface area contributed by atoms with Crippen molar-refractivity contribution < 1.29 is 14.3 Å². The minimum atomic E-state index is -0.0597. The Morgan fingerprint density at radius 3 is 2.50 bits per heavy atom. The predicted molar refractivity (Wildman–Crippen MR) is 104 cm³/mol. The molecule has 3 unspecified atom stereocenters. The van der Waals surface area contributed by atoms with Crippen LogP contribution in [0, 0.1) is 11.8 Å². The molecule has 1 saturated carbocycles. The van der Waals surface area contributed by atoms with E-state index in [0.717, 1.165) is 42.7 Å². The van der Waals surface area contributed by atoms with E-state index in [0.29, 0.717) is 13.2 Å². The molecule has 0 spiro atoms. The van der Waals surface area contributed by atoms with Gasteiger partial charge in [0, 0.05) is 12.0 Å². The van der Waals surface area contributed by atoms with Crippen LogP contribution in [-0.4, -0.2) is 25.2 Å². The SMILES string of the molecule is CCOc1ccc(C(NC(=O)C2CCCC(N)C2)C(C)C)cc1OCC. The second-order valence-corrected chi connectivity index (χ2v) is 7.43. The fraction of sp³-hybridized carbons (Fsp3) is 0.667. The average molecular weight is 363 g/mol. The van der Waals surface area contributed by atoms with Crippen LogP contribution in [0.3, 0.4) is 0 Å². The normalized spacial score (nSPS) is 21.3. The van der Waals surface area contributed by atoms with Crippen LogP contribution in [0.1, 0.15) is 65.0 Å². The van der Waals surface area contributed by atoms with Gasteiger partial charge in [0.15, 0.2) is 11.5 Å². The first-order valence-electron chi connectivity index (χ1n) is 9.91. The molecule has 146 valence electrons. The molecule has 26 heavy (non-hydrogen) atoms. The van der Waals surface area contributed by atoms with Crippen LogP contribution >= 0.6 is 0 Å². The molecule has 1 aliphatic carbocycles. The number of nitrogens with one attached hydrogen (secondary N) is 1. The number of ether oxygens (including phenoxy) is 2. The van der Waals surface area contributed by atoms with Gasteiger partial charge in [0.05, 0.1) is 19.3 Å². The molecule has 0 aromatic heterocycles. The van der Waals surface area contributed by atoms with Gasteiger partial charge in [-0.05, 0) is 56.7 Å². The second-order valence-electron chi connectivity index (χ2n) is 7.43. The van der Waals surface area contributed by atoms with Crippen molar-refractivity contribution in [3.63, 3.8) is 0 Å². The molecular formula is C21H34N2O3. The summed E-state index contributed by atoms with van der Waals surface area (Å²) < 4.78 is 11.4. The lowest BCUT2D eigenvalue weighted by atomic mass is 9.85. The van der Waals surface area contributed by atoms with E-state index in [4.69, 9.17) is 15.2 Å². The van der Waals surface area contributed by atoms with Gasteiger partial charge in [0.2, 0.25) is 5.91 Å². The second kappa shape index (κ2) is 9.81. The molecule has 0 saturated heterocycles. The molecule has 0 heterocycles. The van der Waals surface area contributed by atoms with E-state index in [1.807, 2.05) is 32.0 Å². The maximum absolute atomic E-state index is 12.8. The van der Waals surface area contributed by atoms with E-state index in [-0.39, 0.29) is 29.8 Å². The summed E-state index contributed by atoms with van der Waals surface area (Å²) in [6.45, 7) is 9.31. The van der Waals surface area contributed by atoms with E-state index in [1.165, 1.54) is 0 Å². The fourth-order valence-electron chi connectivity index (χ4n) is 3.63. The molecule has 1 aromatic rings. The lowest BCUT2D eigenvalue weighted by Gasteiger charge is -2.30. The van der Waals surface area contributed by atoms with E-state index in [2.05, 4.69) is 19.2 Å². The van der Waals surface area contributed by atoms with Crippen LogP contribution in [0.4, 0.5) is 0 Å². The molecule has 2 rings (SSSR count). The van der Waals surface area contributed by atoms with Crippen molar-refractivity contribution in [2.45, 2.75) is 65.5 Å². The third-order valence-electron chi connectivity index (χ3n) is 4.98. The van der Waals surface area contributed by atoms with E-state index in [1.54, 1.807) is 0 Å². The van der Waals surface area contributed by atoms with Crippen LogP contribution in [0.15, 0.2) is 18.2 Å². The Balaban J connectivity index is 2.18. The van der Waals surface area contributed by atoms with E-state index in [9.17, 15) is 4.79 Å². The smallest absolute Gasteiger partial charge is 0.223 e. The summed E-state index contributed by atoms with van der Waals surface area (Å²) in [7, 11) is 0. The van der Waals surface area contributed by atoms with Crippen molar-refractivity contribution in [1.29, 1.82) is 0 Å². The Bertz CT molecular complexity index is 589. The monoisotopic (exact) mass is 362 g/mol. The molecule has 5 nitrogen and oxygen atoms in total. The largest absolute Gasteiger partial charge is 0.490 e. The number of carbonyl (C=O) groups is 1. The lowest BCUT2D eigenvalue weighted by molar-refractivity contribution is -0.127. The fourth-order valence-corrected chi connectivity index (χ4v) is 3.63. The number of carbonyl (C=O) groups excluding carboxylic acids is 1. The Hall–Kier alpha value is -1.75. The summed E-state index contributed by atoms with van der Waals surface area (Å²) in [6.07, 6.45) is 3.76. The zero-order valence-corrected chi connectivity index (χ0v) is 16.6. The third kappa shape index (κ3) is 5.37. The number of hydrogen-bond donors (Lipinski definition) is 2. The molecular weight excluding hydrogens is 328 g/mol. The van der Waals surface area contributed by atoms with Crippen LogP contribution in [0.2, 0.25) is 0 Å². The first kappa shape index (κ1) is 20.6. The van der Waals surface area contributed by atoms with Crippen molar-refractivity contribution in [2.75, 3.05) is 13.2 Å². The summed E-state index contributed by atoms with van der Waals surface area (Å²) in [5.41, 5.74) is 7.09. The molecule has 1 aliphatic rings. The zero-order chi connectivity index (χ0) is 19.1. The summed E-state index contributed by atoms with van der Waals surface area (Å²) in [5.74, 6) is 1.88. The number of rotatable bonds is 8. The highest BCUT2D eigenvalue weighted by molar-refractivity contribution is 5.79. The summed E-state index contributed by atoms with van der Waals surface area (Å²) in [6, 6.07) is 6.03. The maximum atomic E-state index is 12.8. The Morgan fingerprint density at radius 2 is 1.88 bits per heavy atom. The first-order valence-corrected chi connectivity index (χ1v) is 9.91. The van der Waals surface area contributed by atoms with Gasteiger partial charge in [-0.25, -0.2) is 0 Å². The van der Waals surface area contributed by atoms with Crippen LogP contribution in [0.25, 0.3) is 0 Å². The highest BCUT2D eigenvalue weighted by atomic mass is 16.5. The van der Waals surface area contributed by atoms with Crippen molar-refractivity contribution in [1.82, 2.24) is 5.32 Å². The molecule has 3 N–H and O–H groups in total. The van der Waals surface area contributed by atoms with Gasteiger partial charge in [-0.1, -0.05) is 26.3 Å². The highest BCUT2D eigenvalue weighted by Gasteiger charge is 2.28. The van der Waals surface area contributed by atoms with Crippen molar-refractivity contribution in [3.8, 4) is 11.5 Å². The van der Waals surface area contributed by atoms with Gasteiger partial charge in [-0.2, -0.15) is 0 Å². The minimum absolute atomic E-state index is 0.0223. The lowest BCUT2D eigenvalue weighted by Crippen LogP contribution is -2.40. The van der Waals surface area contributed by atoms with Crippen molar-refractivity contribution >= 4 is 5.91 Å². The molecule has 1 fully saturated rings. The molecule has 1 amide bonds. The average Bonchev–Trinajstić information content (AvgIpc) is 2.61. The topological polar surface area (TPSA) is 73.6 Å². The van der Waals surface area contributed by atoms with Gasteiger partial charge in [-0.3, -0.25) is 4.79 Å². The molecule has 0 radical (unpaired) electrons. The minimum Gasteiger partial charge on any atom is -0.490 e. The number of benzene rings is 1. The predicted octanol–water partition coefficient (Wildman–Crippen LogP) is 3.81. The Morgan fingerprint density at radius 1 is 1.19 bits per heavy atom. The Kier molecular flexibility index (Phi) is 7.76. The zero-order valence-electron chi connectivity index (χ0n) is 16.6. The maximum Gasteiger partial charge on any atom is 0.223 e. The summed E-state index contributed by atoms with van der Waals surface area (Å²) in [5, 5.41) is 3.25. The van der Waals surface area contributed by atoms with Gasteiger partial charge in [-0.15, -0.1) is 0 Å². The van der Waals surface area contributed by atoms with Gasteiger partial charge in [0.1, 0.15) is 0 Å². The summed E-state index contributed by atoms with van der Waals surface area (Å²) >= 11 is 0. The summed E-state index contributed by atoms with van der Waals surface area (Å²) in [4.78, 5) is 12.8.